The van der Waals surface area contributed by atoms with Gasteiger partial charge >= 0.3 is 0 Å². The smallest absolute Gasteiger partial charge is 0.255 e. The summed E-state index contributed by atoms with van der Waals surface area (Å²) in [6.45, 7) is 4.36. The van der Waals surface area contributed by atoms with E-state index < -0.39 is 0 Å². The molecule has 0 aliphatic carbocycles. The second kappa shape index (κ2) is 7.07. The van der Waals surface area contributed by atoms with Crippen molar-refractivity contribution in [3.05, 3.63) is 81.9 Å². The Hall–Kier alpha value is -2.66. The number of amides is 1. The summed E-state index contributed by atoms with van der Waals surface area (Å²) in [6.07, 6.45) is 3.27. The van der Waals surface area contributed by atoms with Gasteiger partial charge < -0.3 is 5.32 Å². The quantitative estimate of drug-likeness (QED) is 0.742. The van der Waals surface area contributed by atoms with Gasteiger partial charge in [-0.3, -0.25) is 9.48 Å². The molecule has 6 heteroatoms. The van der Waals surface area contributed by atoms with Gasteiger partial charge in [-0.2, -0.15) is 5.10 Å². The van der Waals surface area contributed by atoms with Crippen molar-refractivity contribution in [1.82, 2.24) is 9.78 Å². The van der Waals surface area contributed by atoms with Crippen LogP contribution >= 0.6 is 11.6 Å². The van der Waals surface area contributed by atoms with Crippen molar-refractivity contribution in [2.45, 2.75) is 20.4 Å². The number of rotatable bonds is 4. The molecule has 0 fully saturated rings. The van der Waals surface area contributed by atoms with Crippen molar-refractivity contribution in [3.63, 3.8) is 0 Å². The topological polar surface area (TPSA) is 46.9 Å². The number of hydrogen-bond donors (Lipinski definition) is 1. The fraction of sp³-hybridized carbons (Fsp3) is 0.158. The van der Waals surface area contributed by atoms with Crippen LogP contribution in [0.5, 0.6) is 0 Å². The predicted molar refractivity (Wildman–Crippen MR) is 96.6 cm³/mol. The number of nitrogens with zero attached hydrogens (tertiary/aromatic N) is 2. The summed E-state index contributed by atoms with van der Waals surface area (Å²) < 4.78 is 14.7. The average Bonchev–Trinajstić information content (AvgIpc) is 3.00. The molecule has 3 aromatic rings. The third-order valence-electron chi connectivity index (χ3n) is 4.01. The highest BCUT2D eigenvalue weighted by Gasteiger charge is 2.09. The number of nitrogens with one attached hydrogen (secondary N) is 1. The molecule has 1 N–H and O–H groups in total. The van der Waals surface area contributed by atoms with Crippen LogP contribution in [0.1, 0.15) is 27.0 Å². The van der Waals surface area contributed by atoms with Gasteiger partial charge in [-0.05, 0) is 54.8 Å². The minimum Gasteiger partial charge on any atom is -0.319 e. The van der Waals surface area contributed by atoms with Gasteiger partial charge in [0.2, 0.25) is 0 Å². The van der Waals surface area contributed by atoms with Gasteiger partial charge in [-0.25, -0.2) is 4.39 Å². The number of carbonyl (C=O) groups is 1. The molecule has 0 atom stereocenters. The molecule has 0 aliphatic rings. The standard InChI is InChI=1S/C19H17ClFN3O/c1-12-3-4-14(7-13(12)2)19(25)23-17-9-22-24(11-17)10-15-5-6-16(21)8-18(15)20/h3-9,11H,10H2,1-2H3,(H,23,25). The van der Waals surface area contributed by atoms with Gasteiger partial charge in [-0.1, -0.05) is 23.7 Å². The van der Waals surface area contributed by atoms with E-state index in [-0.39, 0.29) is 11.7 Å². The lowest BCUT2D eigenvalue weighted by molar-refractivity contribution is 0.102. The fourth-order valence-electron chi connectivity index (χ4n) is 2.42. The summed E-state index contributed by atoms with van der Waals surface area (Å²) in [7, 11) is 0. The zero-order valence-corrected chi connectivity index (χ0v) is 14.6. The van der Waals surface area contributed by atoms with E-state index >= 15 is 0 Å². The fourth-order valence-corrected chi connectivity index (χ4v) is 2.65. The van der Waals surface area contributed by atoms with Gasteiger partial charge in [0, 0.05) is 16.8 Å². The van der Waals surface area contributed by atoms with Crippen molar-refractivity contribution in [2.75, 3.05) is 5.32 Å². The Bertz CT molecular complexity index is 936. The zero-order chi connectivity index (χ0) is 18.0. The van der Waals surface area contributed by atoms with Crippen LogP contribution in [0.4, 0.5) is 10.1 Å². The zero-order valence-electron chi connectivity index (χ0n) is 13.9. The Morgan fingerprint density at radius 3 is 2.72 bits per heavy atom. The van der Waals surface area contributed by atoms with E-state index in [0.29, 0.717) is 22.8 Å². The van der Waals surface area contributed by atoms with Crippen LogP contribution in [-0.2, 0) is 6.54 Å². The highest BCUT2D eigenvalue weighted by molar-refractivity contribution is 6.31. The Morgan fingerprint density at radius 1 is 1.20 bits per heavy atom. The number of aryl methyl sites for hydroxylation is 2. The number of anilines is 1. The lowest BCUT2D eigenvalue weighted by Gasteiger charge is -2.06. The first-order valence-electron chi connectivity index (χ1n) is 7.77. The van der Waals surface area contributed by atoms with Crippen LogP contribution in [0, 0.1) is 19.7 Å². The third-order valence-corrected chi connectivity index (χ3v) is 4.36. The molecule has 128 valence electrons. The molecule has 25 heavy (non-hydrogen) atoms. The lowest BCUT2D eigenvalue weighted by Crippen LogP contribution is -2.11. The molecule has 0 spiro atoms. The summed E-state index contributed by atoms with van der Waals surface area (Å²) in [5.41, 5.74) is 4.13. The summed E-state index contributed by atoms with van der Waals surface area (Å²) >= 11 is 6.03. The number of benzene rings is 2. The molecule has 0 aliphatic heterocycles. The molecule has 2 aromatic carbocycles. The highest BCUT2D eigenvalue weighted by atomic mass is 35.5. The third kappa shape index (κ3) is 4.06. The number of aromatic nitrogens is 2. The van der Waals surface area contributed by atoms with Crippen LogP contribution in [-0.4, -0.2) is 15.7 Å². The number of halogens is 2. The highest BCUT2D eigenvalue weighted by Crippen LogP contribution is 2.19. The first kappa shape index (κ1) is 17.2. The first-order valence-corrected chi connectivity index (χ1v) is 8.15. The maximum atomic E-state index is 13.1. The van der Waals surface area contributed by atoms with Crippen LogP contribution in [0.3, 0.4) is 0 Å². The Morgan fingerprint density at radius 2 is 2.00 bits per heavy atom. The number of hydrogen-bond acceptors (Lipinski definition) is 2. The number of carbonyl (C=O) groups excluding carboxylic acids is 1. The van der Waals surface area contributed by atoms with Crippen molar-refractivity contribution in [3.8, 4) is 0 Å². The van der Waals surface area contributed by atoms with Crippen molar-refractivity contribution in [1.29, 1.82) is 0 Å². The predicted octanol–water partition coefficient (Wildman–Crippen LogP) is 4.59. The largest absolute Gasteiger partial charge is 0.319 e. The van der Waals surface area contributed by atoms with E-state index in [0.717, 1.165) is 16.7 Å². The van der Waals surface area contributed by atoms with Crippen LogP contribution in [0.15, 0.2) is 48.8 Å². The van der Waals surface area contributed by atoms with E-state index in [9.17, 15) is 9.18 Å². The molecule has 4 nitrogen and oxygen atoms in total. The average molecular weight is 358 g/mol. The summed E-state index contributed by atoms with van der Waals surface area (Å²) in [4.78, 5) is 12.3. The molecule has 1 heterocycles. The molecular formula is C19H17ClFN3O. The maximum absolute atomic E-state index is 13.1. The molecule has 1 aromatic heterocycles. The second-order valence-corrected chi connectivity index (χ2v) is 6.32. The van der Waals surface area contributed by atoms with Crippen molar-refractivity contribution >= 4 is 23.2 Å². The molecular weight excluding hydrogens is 341 g/mol. The summed E-state index contributed by atoms with van der Waals surface area (Å²) in [6, 6.07) is 9.81. The van der Waals surface area contributed by atoms with Gasteiger partial charge in [0.05, 0.1) is 18.4 Å². The van der Waals surface area contributed by atoms with Gasteiger partial charge in [0.25, 0.3) is 5.91 Å². The van der Waals surface area contributed by atoms with E-state index in [2.05, 4.69) is 10.4 Å². The van der Waals surface area contributed by atoms with Gasteiger partial charge in [-0.15, -0.1) is 0 Å². The molecule has 0 bridgehead atoms. The van der Waals surface area contributed by atoms with Crippen molar-refractivity contribution < 1.29 is 9.18 Å². The van der Waals surface area contributed by atoms with Crippen LogP contribution in [0.2, 0.25) is 5.02 Å². The lowest BCUT2D eigenvalue weighted by atomic mass is 10.1. The molecule has 3 rings (SSSR count). The Kier molecular flexibility index (Phi) is 4.86. The van der Waals surface area contributed by atoms with Crippen LogP contribution in [0.25, 0.3) is 0 Å². The summed E-state index contributed by atoms with van der Waals surface area (Å²) in [5.74, 6) is -0.571. The summed E-state index contributed by atoms with van der Waals surface area (Å²) in [5, 5.41) is 7.37. The van der Waals surface area contributed by atoms with E-state index in [4.69, 9.17) is 11.6 Å². The second-order valence-electron chi connectivity index (χ2n) is 5.92. The van der Waals surface area contributed by atoms with E-state index in [1.807, 2.05) is 26.0 Å². The van der Waals surface area contributed by atoms with E-state index in [1.165, 1.54) is 12.1 Å². The normalized spacial score (nSPS) is 10.7. The maximum Gasteiger partial charge on any atom is 0.255 e. The van der Waals surface area contributed by atoms with Crippen molar-refractivity contribution in [2.24, 2.45) is 0 Å². The Labute approximate surface area is 150 Å². The van der Waals surface area contributed by atoms with E-state index in [1.54, 1.807) is 29.2 Å². The molecule has 0 saturated carbocycles. The van der Waals surface area contributed by atoms with Crippen LogP contribution < -0.4 is 5.32 Å². The van der Waals surface area contributed by atoms with Gasteiger partial charge in [0.15, 0.2) is 0 Å². The minimum absolute atomic E-state index is 0.192. The Balaban J connectivity index is 1.70. The monoisotopic (exact) mass is 357 g/mol. The molecule has 0 saturated heterocycles. The molecule has 1 amide bonds. The SMILES string of the molecule is Cc1ccc(C(=O)Nc2cnn(Cc3ccc(F)cc3Cl)c2)cc1C. The van der Waals surface area contributed by atoms with Gasteiger partial charge in [0.1, 0.15) is 5.82 Å². The first-order chi connectivity index (χ1) is 11.9. The minimum atomic E-state index is -0.379. The molecule has 0 unspecified atom stereocenters. The molecule has 0 radical (unpaired) electrons.